The van der Waals surface area contributed by atoms with Crippen molar-refractivity contribution in [3.05, 3.63) is 47.4 Å². The van der Waals surface area contributed by atoms with E-state index in [0.29, 0.717) is 0 Å². The fourth-order valence-corrected chi connectivity index (χ4v) is 1.58. The highest BCUT2D eigenvalue weighted by atomic mass is 19.1. The Kier molecular flexibility index (Phi) is 5.05. The summed E-state index contributed by atoms with van der Waals surface area (Å²) in [7, 11) is 0. The van der Waals surface area contributed by atoms with Crippen LogP contribution in [0.1, 0.15) is 23.2 Å². The van der Waals surface area contributed by atoms with Gasteiger partial charge in [-0.25, -0.2) is 8.78 Å². The molecule has 0 aliphatic heterocycles. The fourth-order valence-electron chi connectivity index (χ4n) is 1.58. The summed E-state index contributed by atoms with van der Waals surface area (Å²) in [5.74, 6) is -2.61. The summed E-state index contributed by atoms with van der Waals surface area (Å²) < 4.78 is 36.6. The first-order valence-corrected chi connectivity index (χ1v) is 6.46. The molecule has 0 saturated heterocycles. The van der Waals surface area contributed by atoms with Crippen LogP contribution in [0.2, 0.25) is 0 Å². The maximum absolute atomic E-state index is 13.4. The van der Waals surface area contributed by atoms with E-state index in [2.05, 4.69) is 10.5 Å². The highest BCUT2D eigenvalue weighted by molar-refractivity contribution is 5.92. The average Bonchev–Trinajstić information content (AvgIpc) is 2.93. The number of amides is 1. The SMILES string of the molecule is C[C@@H](O)CNC(=O)c1cc(COc2c(F)cccc2F)on1. The first kappa shape index (κ1) is 15.9. The molecule has 1 aromatic carbocycles. The quantitative estimate of drug-likeness (QED) is 0.847. The average molecular weight is 312 g/mol. The van der Waals surface area contributed by atoms with E-state index in [-0.39, 0.29) is 24.6 Å². The largest absolute Gasteiger partial charge is 0.479 e. The lowest BCUT2D eigenvalue weighted by atomic mass is 10.3. The van der Waals surface area contributed by atoms with Gasteiger partial charge in [0.2, 0.25) is 0 Å². The van der Waals surface area contributed by atoms with Gasteiger partial charge >= 0.3 is 0 Å². The van der Waals surface area contributed by atoms with Gasteiger partial charge in [-0.3, -0.25) is 4.79 Å². The standard InChI is InChI=1S/C14H14F2N2O4/c1-8(19)6-17-14(20)12-5-9(22-18-12)7-21-13-10(15)3-2-4-11(13)16/h2-5,8,19H,6-7H2,1H3,(H,17,20)/t8-/m1/s1. The number of halogens is 2. The molecule has 1 heterocycles. The number of nitrogens with zero attached hydrogens (tertiary/aromatic N) is 1. The molecule has 2 aromatic rings. The molecule has 0 radical (unpaired) electrons. The number of ether oxygens (including phenoxy) is 1. The molecule has 0 unspecified atom stereocenters. The summed E-state index contributed by atoms with van der Waals surface area (Å²) in [5, 5.41) is 15.0. The lowest BCUT2D eigenvalue weighted by molar-refractivity contribution is 0.0914. The Morgan fingerprint density at radius 1 is 1.45 bits per heavy atom. The molecular formula is C14H14F2N2O4. The Hall–Kier alpha value is -2.48. The summed E-state index contributed by atoms with van der Waals surface area (Å²) in [6.07, 6.45) is -0.692. The number of carbonyl (C=O) groups excluding carboxylic acids is 1. The normalized spacial score (nSPS) is 12.0. The van der Waals surface area contributed by atoms with Gasteiger partial charge in [0.15, 0.2) is 28.8 Å². The zero-order valence-electron chi connectivity index (χ0n) is 11.7. The van der Waals surface area contributed by atoms with Crippen LogP contribution in [0.15, 0.2) is 28.8 Å². The van der Waals surface area contributed by atoms with E-state index in [1.807, 2.05) is 0 Å². The minimum absolute atomic E-state index is 0.0201. The summed E-state index contributed by atoms with van der Waals surface area (Å²) in [6.45, 7) is 1.30. The lowest BCUT2D eigenvalue weighted by Crippen LogP contribution is -2.30. The second kappa shape index (κ2) is 6.99. The Bertz CT molecular complexity index is 638. The molecule has 8 heteroatoms. The molecule has 0 aliphatic rings. The van der Waals surface area contributed by atoms with Gasteiger partial charge in [-0.2, -0.15) is 0 Å². The summed E-state index contributed by atoms with van der Waals surface area (Å²) in [5.41, 5.74) is -0.0201. The van der Waals surface area contributed by atoms with Crippen LogP contribution < -0.4 is 10.1 Å². The second-order valence-corrected chi connectivity index (χ2v) is 4.58. The smallest absolute Gasteiger partial charge is 0.273 e. The van der Waals surface area contributed by atoms with Crippen LogP contribution in [-0.2, 0) is 6.61 Å². The van der Waals surface area contributed by atoms with Gasteiger partial charge in [0.25, 0.3) is 5.91 Å². The van der Waals surface area contributed by atoms with Crippen molar-refractivity contribution in [2.45, 2.75) is 19.6 Å². The van der Waals surface area contributed by atoms with Gasteiger partial charge in [-0.1, -0.05) is 11.2 Å². The van der Waals surface area contributed by atoms with Crippen LogP contribution in [0.5, 0.6) is 5.75 Å². The van der Waals surface area contributed by atoms with Crippen LogP contribution in [0.4, 0.5) is 8.78 Å². The van der Waals surface area contributed by atoms with Crippen molar-refractivity contribution in [3.63, 3.8) is 0 Å². The van der Waals surface area contributed by atoms with Crippen molar-refractivity contribution in [3.8, 4) is 5.75 Å². The molecule has 1 amide bonds. The predicted octanol–water partition coefficient (Wildman–Crippen LogP) is 1.64. The molecule has 1 aromatic heterocycles. The maximum Gasteiger partial charge on any atom is 0.273 e. The number of hydrogen-bond acceptors (Lipinski definition) is 5. The van der Waals surface area contributed by atoms with Gasteiger partial charge < -0.3 is 19.7 Å². The van der Waals surface area contributed by atoms with E-state index in [4.69, 9.17) is 14.4 Å². The Morgan fingerprint density at radius 3 is 2.77 bits per heavy atom. The van der Waals surface area contributed by atoms with E-state index < -0.39 is 29.4 Å². The molecule has 0 aliphatic carbocycles. The van der Waals surface area contributed by atoms with Crippen molar-refractivity contribution >= 4 is 5.91 Å². The number of aliphatic hydroxyl groups is 1. The molecule has 2 rings (SSSR count). The van der Waals surface area contributed by atoms with Crippen LogP contribution in [0.3, 0.4) is 0 Å². The van der Waals surface area contributed by atoms with Gasteiger partial charge in [-0.15, -0.1) is 0 Å². The number of nitrogens with one attached hydrogen (secondary N) is 1. The number of rotatable bonds is 6. The molecule has 0 spiro atoms. The van der Waals surface area contributed by atoms with E-state index in [0.717, 1.165) is 12.1 Å². The van der Waals surface area contributed by atoms with Crippen LogP contribution >= 0.6 is 0 Å². The second-order valence-electron chi connectivity index (χ2n) is 4.58. The summed E-state index contributed by atoms with van der Waals surface area (Å²) in [4.78, 5) is 11.6. The molecule has 118 valence electrons. The van der Waals surface area contributed by atoms with Gasteiger partial charge in [-0.05, 0) is 19.1 Å². The highest BCUT2D eigenvalue weighted by Gasteiger charge is 2.15. The number of carbonyl (C=O) groups is 1. The minimum Gasteiger partial charge on any atom is -0.479 e. The summed E-state index contributed by atoms with van der Waals surface area (Å²) >= 11 is 0. The molecule has 1 atom stereocenters. The van der Waals surface area contributed by atoms with Crippen LogP contribution in [0, 0.1) is 11.6 Å². The third-order valence-electron chi connectivity index (χ3n) is 2.63. The zero-order valence-corrected chi connectivity index (χ0v) is 11.7. The molecule has 22 heavy (non-hydrogen) atoms. The number of aliphatic hydroxyl groups excluding tert-OH is 1. The van der Waals surface area contributed by atoms with Crippen molar-refractivity contribution in [1.82, 2.24) is 10.5 Å². The number of para-hydroxylation sites is 1. The van der Waals surface area contributed by atoms with E-state index in [9.17, 15) is 13.6 Å². The van der Waals surface area contributed by atoms with E-state index in [1.54, 1.807) is 0 Å². The van der Waals surface area contributed by atoms with Gasteiger partial charge in [0, 0.05) is 12.6 Å². The van der Waals surface area contributed by atoms with Gasteiger partial charge in [0.05, 0.1) is 6.10 Å². The fraction of sp³-hybridized carbons (Fsp3) is 0.286. The Labute approximate surface area is 124 Å². The predicted molar refractivity (Wildman–Crippen MR) is 71.2 cm³/mol. The third-order valence-corrected chi connectivity index (χ3v) is 2.63. The molecular weight excluding hydrogens is 298 g/mol. The van der Waals surface area contributed by atoms with E-state index >= 15 is 0 Å². The van der Waals surface area contributed by atoms with Gasteiger partial charge in [0.1, 0.15) is 6.61 Å². The molecule has 2 N–H and O–H groups in total. The van der Waals surface area contributed by atoms with Crippen molar-refractivity contribution in [2.75, 3.05) is 6.54 Å². The highest BCUT2D eigenvalue weighted by Crippen LogP contribution is 2.22. The topological polar surface area (TPSA) is 84.6 Å². The molecule has 0 bridgehead atoms. The van der Waals surface area contributed by atoms with Crippen LogP contribution in [-0.4, -0.2) is 28.8 Å². The number of benzene rings is 1. The number of aromatic nitrogens is 1. The van der Waals surface area contributed by atoms with Crippen molar-refractivity contribution < 1.29 is 27.9 Å². The zero-order chi connectivity index (χ0) is 16.1. The van der Waals surface area contributed by atoms with Crippen LogP contribution in [0.25, 0.3) is 0 Å². The monoisotopic (exact) mass is 312 g/mol. The molecule has 0 saturated carbocycles. The maximum atomic E-state index is 13.4. The number of hydrogen-bond donors (Lipinski definition) is 2. The first-order chi connectivity index (χ1) is 10.5. The summed E-state index contributed by atoms with van der Waals surface area (Å²) in [6, 6.07) is 4.63. The van der Waals surface area contributed by atoms with E-state index in [1.165, 1.54) is 19.1 Å². The first-order valence-electron chi connectivity index (χ1n) is 6.46. The molecule has 6 nitrogen and oxygen atoms in total. The van der Waals surface area contributed by atoms with Crippen molar-refractivity contribution in [2.24, 2.45) is 0 Å². The minimum atomic E-state index is -0.839. The third kappa shape index (κ3) is 4.01. The molecule has 0 fully saturated rings. The lowest BCUT2D eigenvalue weighted by Gasteiger charge is -2.05. The Morgan fingerprint density at radius 2 is 2.14 bits per heavy atom. The van der Waals surface area contributed by atoms with Crippen molar-refractivity contribution in [1.29, 1.82) is 0 Å². The Balaban J connectivity index is 1.96.